The van der Waals surface area contributed by atoms with Crippen LogP contribution in [0.3, 0.4) is 0 Å². The monoisotopic (exact) mass is 233 g/mol. The van der Waals surface area contributed by atoms with Crippen LogP contribution in [0, 0.1) is 0 Å². The second-order valence-corrected chi connectivity index (χ2v) is 3.86. The maximum absolute atomic E-state index is 10.1. The molecule has 0 aliphatic heterocycles. The maximum Gasteiger partial charge on any atom is 0.129 e. The molecule has 0 fully saturated rings. The standard InChI is InChI=1S/C8H11ClN2O2S/c9-8-6-7(3-5-10-8)2-1-4-11-14(12)13/h3,5-6,11H,1-2,4H2,(H,12,13)/p-1. The molecule has 1 aromatic rings. The van der Waals surface area contributed by atoms with Gasteiger partial charge < -0.3 is 4.55 Å². The van der Waals surface area contributed by atoms with Crippen LogP contribution in [0.1, 0.15) is 12.0 Å². The number of rotatable bonds is 5. The van der Waals surface area contributed by atoms with Crippen LogP contribution < -0.4 is 4.72 Å². The number of hydrogen-bond acceptors (Lipinski definition) is 3. The third-order valence-corrected chi connectivity index (χ3v) is 2.30. The molecule has 1 rings (SSSR count). The minimum atomic E-state index is -2.17. The smallest absolute Gasteiger partial charge is 0.129 e. The van der Waals surface area contributed by atoms with Crippen molar-refractivity contribution in [2.24, 2.45) is 0 Å². The summed E-state index contributed by atoms with van der Waals surface area (Å²) < 4.78 is 22.5. The summed E-state index contributed by atoms with van der Waals surface area (Å²) in [6, 6.07) is 3.63. The van der Waals surface area contributed by atoms with Gasteiger partial charge in [-0.05, 0) is 30.5 Å². The van der Waals surface area contributed by atoms with E-state index in [-0.39, 0.29) is 0 Å². The lowest BCUT2D eigenvalue weighted by Gasteiger charge is -2.06. The molecule has 1 N–H and O–H groups in total. The Kier molecular flexibility index (Phi) is 5.03. The molecular formula is C8H10ClN2O2S-. The van der Waals surface area contributed by atoms with Crippen molar-refractivity contribution in [2.45, 2.75) is 12.8 Å². The highest BCUT2D eigenvalue weighted by Gasteiger charge is 1.94. The van der Waals surface area contributed by atoms with Crippen molar-refractivity contribution >= 4 is 22.9 Å². The van der Waals surface area contributed by atoms with Crippen molar-refractivity contribution in [2.75, 3.05) is 6.54 Å². The summed E-state index contributed by atoms with van der Waals surface area (Å²) in [4.78, 5) is 3.85. The van der Waals surface area contributed by atoms with Gasteiger partial charge in [0.2, 0.25) is 0 Å². The van der Waals surface area contributed by atoms with Gasteiger partial charge in [-0.1, -0.05) is 11.6 Å². The van der Waals surface area contributed by atoms with E-state index in [0.29, 0.717) is 11.7 Å². The topological polar surface area (TPSA) is 65.0 Å². The molecule has 14 heavy (non-hydrogen) atoms. The average Bonchev–Trinajstić information content (AvgIpc) is 2.12. The highest BCUT2D eigenvalue weighted by Crippen LogP contribution is 2.08. The lowest BCUT2D eigenvalue weighted by Crippen LogP contribution is -2.18. The Morgan fingerprint density at radius 2 is 2.43 bits per heavy atom. The summed E-state index contributed by atoms with van der Waals surface area (Å²) in [5.41, 5.74) is 1.06. The van der Waals surface area contributed by atoms with Crippen LogP contribution in [0.2, 0.25) is 5.15 Å². The second-order valence-electron chi connectivity index (χ2n) is 2.72. The molecule has 4 nitrogen and oxygen atoms in total. The number of halogens is 1. The SMILES string of the molecule is O=S([O-])NCCCc1ccnc(Cl)c1. The van der Waals surface area contributed by atoms with Crippen LogP contribution in [0.25, 0.3) is 0 Å². The van der Waals surface area contributed by atoms with Crippen molar-refractivity contribution in [3.8, 4) is 0 Å². The highest BCUT2D eigenvalue weighted by atomic mass is 35.5. The molecule has 0 radical (unpaired) electrons. The molecule has 78 valence electrons. The van der Waals surface area contributed by atoms with Crippen molar-refractivity contribution in [3.63, 3.8) is 0 Å². The van der Waals surface area contributed by atoms with E-state index in [1.165, 1.54) is 0 Å². The fraction of sp³-hybridized carbons (Fsp3) is 0.375. The van der Waals surface area contributed by atoms with Crippen LogP contribution in [0.4, 0.5) is 0 Å². The summed E-state index contributed by atoms with van der Waals surface area (Å²) >= 11 is 3.52. The van der Waals surface area contributed by atoms with Crippen molar-refractivity contribution in [1.82, 2.24) is 9.71 Å². The Morgan fingerprint density at radius 1 is 1.64 bits per heavy atom. The maximum atomic E-state index is 10.1. The van der Waals surface area contributed by atoms with Crippen LogP contribution in [-0.4, -0.2) is 20.3 Å². The normalized spacial score (nSPS) is 12.7. The molecule has 1 unspecified atom stereocenters. The molecule has 0 saturated carbocycles. The molecule has 6 heteroatoms. The van der Waals surface area contributed by atoms with E-state index in [1.807, 2.05) is 6.07 Å². The van der Waals surface area contributed by atoms with Crippen LogP contribution in [0.5, 0.6) is 0 Å². The van der Waals surface area contributed by atoms with E-state index < -0.39 is 11.3 Å². The van der Waals surface area contributed by atoms with E-state index in [1.54, 1.807) is 12.3 Å². The zero-order valence-corrected chi connectivity index (χ0v) is 8.98. The van der Waals surface area contributed by atoms with E-state index in [4.69, 9.17) is 11.6 Å². The van der Waals surface area contributed by atoms with Gasteiger partial charge in [-0.2, -0.15) is 0 Å². The van der Waals surface area contributed by atoms with Gasteiger partial charge in [0.15, 0.2) is 0 Å². The summed E-state index contributed by atoms with van der Waals surface area (Å²) in [5.74, 6) is 0. The summed E-state index contributed by atoms with van der Waals surface area (Å²) in [7, 11) is 0. The second kappa shape index (κ2) is 6.08. The zero-order valence-electron chi connectivity index (χ0n) is 7.40. The number of pyridine rings is 1. The van der Waals surface area contributed by atoms with Gasteiger partial charge in [-0.15, -0.1) is 0 Å². The third kappa shape index (κ3) is 4.66. The molecule has 0 saturated heterocycles. The number of nitrogens with one attached hydrogen (secondary N) is 1. The largest absolute Gasteiger partial charge is 0.760 e. The molecule has 1 atom stereocenters. The van der Waals surface area contributed by atoms with E-state index >= 15 is 0 Å². The van der Waals surface area contributed by atoms with Gasteiger partial charge in [0.05, 0.1) is 0 Å². The van der Waals surface area contributed by atoms with Crippen LogP contribution in [-0.2, 0) is 17.7 Å². The molecule has 0 spiro atoms. The van der Waals surface area contributed by atoms with Crippen LogP contribution in [0.15, 0.2) is 18.3 Å². The molecule has 0 amide bonds. The Morgan fingerprint density at radius 3 is 3.07 bits per heavy atom. The molecule has 1 aromatic heterocycles. The number of aryl methyl sites for hydroxylation is 1. The predicted octanol–water partition coefficient (Wildman–Crippen LogP) is 1.05. The van der Waals surface area contributed by atoms with Crippen LogP contribution >= 0.6 is 11.6 Å². The van der Waals surface area contributed by atoms with E-state index in [2.05, 4.69) is 9.71 Å². The van der Waals surface area contributed by atoms with Gasteiger partial charge in [0.25, 0.3) is 0 Å². The number of nitrogens with zero attached hydrogens (tertiary/aromatic N) is 1. The van der Waals surface area contributed by atoms with Crippen molar-refractivity contribution < 1.29 is 8.76 Å². The first-order chi connectivity index (χ1) is 6.68. The first-order valence-corrected chi connectivity index (χ1v) is 5.57. The quantitative estimate of drug-likeness (QED) is 0.470. The summed E-state index contributed by atoms with van der Waals surface area (Å²) in [6.07, 6.45) is 3.16. The molecule has 0 aliphatic carbocycles. The van der Waals surface area contributed by atoms with E-state index in [0.717, 1.165) is 18.4 Å². The van der Waals surface area contributed by atoms with Gasteiger partial charge in [0.1, 0.15) is 5.15 Å². The highest BCUT2D eigenvalue weighted by molar-refractivity contribution is 7.77. The van der Waals surface area contributed by atoms with Gasteiger partial charge in [0, 0.05) is 24.0 Å². The minimum absolute atomic E-state index is 0.441. The first kappa shape index (κ1) is 11.6. The fourth-order valence-electron chi connectivity index (χ4n) is 1.05. The molecule has 0 aliphatic rings. The Bertz CT molecular complexity index is 322. The summed E-state index contributed by atoms with van der Waals surface area (Å²) in [5, 5.41) is 0.461. The first-order valence-electron chi connectivity index (χ1n) is 4.11. The van der Waals surface area contributed by atoms with E-state index in [9.17, 15) is 8.76 Å². The molecular weight excluding hydrogens is 224 g/mol. The average molecular weight is 234 g/mol. The summed E-state index contributed by atoms with van der Waals surface area (Å²) in [6.45, 7) is 0.441. The third-order valence-electron chi connectivity index (χ3n) is 1.65. The number of aromatic nitrogens is 1. The van der Waals surface area contributed by atoms with Crippen molar-refractivity contribution in [1.29, 1.82) is 0 Å². The Hall–Kier alpha value is -0.490. The Balaban J connectivity index is 2.28. The van der Waals surface area contributed by atoms with Gasteiger partial charge in [-0.25, -0.2) is 9.71 Å². The lowest BCUT2D eigenvalue weighted by molar-refractivity contribution is 0.521. The van der Waals surface area contributed by atoms with Gasteiger partial charge >= 0.3 is 0 Å². The van der Waals surface area contributed by atoms with Gasteiger partial charge in [-0.3, -0.25) is 4.21 Å². The number of hydrogen-bond donors (Lipinski definition) is 1. The Labute approximate surface area is 90.1 Å². The molecule has 0 aromatic carbocycles. The van der Waals surface area contributed by atoms with Crippen molar-refractivity contribution in [3.05, 3.63) is 29.0 Å². The predicted molar refractivity (Wildman–Crippen MR) is 54.5 cm³/mol. The lowest BCUT2D eigenvalue weighted by atomic mass is 10.1. The zero-order chi connectivity index (χ0) is 10.4. The minimum Gasteiger partial charge on any atom is -0.760 e. The fourth-order valence-corrected chi connectivity index (χ4v) is 1.55. The molecule has 0 bridgehead atoms. The molecule has 1 heterocycles.